The number of carbonyl (C=O) groups is 1. The van der Waals surface area contributed by atoms with Crippen LogP contribution in [0.3, 0.4) is 0 Å². The molecule has 0 saturated heterocycles. The summed E-state index contributed by atoms with van der Waals surface area (Å²) < 4.78 is 40.6. The number of thiazole rings is 1. The number of aromatic nitrogens is 1. The van der Waals surface area contributed by atoms with Crippen LogP contribution in [0.1, 0.15) is 15.9 Å². The molecule has 8 nitrogen and oxygen atoms in total. The maximum absolute atomic E-state index is 13.0. The van der Waals surface area contributed by atoms with E-state index in [0.29, 0.717) is 21.9 Å². The Kier molecular flexibility index (Phi) is 7.06. The van der Waals surface area contributed by atoms with Crippen molar-refractivity contribution in [2.45, 2.75) is 11.4 Å². The summed E-state index contributed by atoms with van der Waals surface area (Å²) in [5.41, 5.74) is 2.03. The van der Waals surface area contributed by atoms with Gasteiger partial charge in [0, 0.05) is 38.3 Å². The predicted octanol–water partition coefficient (Wildman–Crippen LogP) is 3.82. The van der Waals surface area contributed by atoms with Crippen molar-refractivity contribution in [2.75, 3.05) is 21.3 Å². The number of amides is 1. The molecule has 0 aliphatic heterocycles. The molecular weight excluding hydrogens is 486 g/mol. The van der Waals surface area contributed by atoms with Gasteiger partial charge in [-0.25, -0.2) is 8.42 Å². The highest BCUT2D eigenvalue weighted by Gasteiger charge is 2.21. The van der Waals surface area contributed by atoms with Crippen LogP contribution in [0.15, 0.2) is 76.6 Å². The van der Waals surface area contributed by atoms with Crippen molar-refractivity contribution in [3.8, 4) is 11.5 Å². The second kappa shape index (κ2) is 10.0. The lowest BCUT2D eigenvalue weighted by atomic mass is 10.2. The molecule has 0 spiro atoms. The Morgan fingerprint density at radius 3 is 2.26 bits per heavy atom. The molecule has 0 aliphatic carbocycles. The highest BCUT2D eigenvalue weighted by atomic mass is 32.2. The summed E-state index contributed by atoms with van der Waals surface area (Å²) in [4.78, 5) is 17.7. The zero-order valence-electron chi connectivity index (χ0n) is 19.8. The van der Waals surface area contributed by atoms with Gasteiger partial charge in [-0.05, 0) is 29.8 Å². The Morgan fingerprint density at radius 1 is 1.00 bits per heavy atom. The summed E-state index contributed by atoms with van der Waals surface area (Å²) in [5, 5.41) is 0. The third-order valence-electron chi connectivity index (χ3n) is 5.57. The monoisotopic (exact) mass is 511 g/mol. The van der Waals surface area contributed by atoms with E-state index in [-0.39, 0.29) is 11.4 Å². The molecule has 0 radical (unpaired) electrons. The summed E-state index contributed by atoms with van der Waals surface area (Å²) in [6.07, 6.45) is 0. The van der Waals surface area contributed by atoms with Crippen molar-refractivity contribution < 1.29 is 22.7 Å². The van der Waals surface area contributed by atoms with Crippen molar-refractivity contribution >= 4 is 37.5 Å². The van der Waals surface area contributed by atoms with E-state index in [4.69, 9.17) is 9.47 Å². The van der Waals surface area contributed by atoms with Gasteiger partial charge in [0.05, 0.1) is 29.3 Å². The lowest BCUT2D eigenvalue weighted by Gasteiger charge is -2.17. The molecule has 1 heterocycles. The molecule has 182 valence electrons. The fourth-order valence-electron chi connectivity index (χ4n) is 3.59. The number of nitrogens with zero attached hydrogens (tertiary/aromatic N) is 3. The molecule has 1 aromatic heterocycles. The zero-order valence-corrected chi connectivity index (χ0v) is 21.4. The molecule has 0 unspecified atom stereocenters. The van der Waals surface area contributed by atoms with Crippen molar-refractivity contribution in [1.29, 1.82) is 0 Å². The summed E-state index contributed by atoms with van der Waals surface area (Å²) in [5.74, 6) is 0.710. The maximum Gasteiger partial charge on any atom is 0.279 e. The van der Waals surface area contributed by atoms with Crippen molar-refractivity contribution in [3.63, 3.8) is 0 Å². The first-order valence-corrected chi connectivity index (χ1v) is 12.9. The number of hydrogen-bond donors (Lipinski definition) is 0. The van der Waals surface area contributed by atoms with Crippen LogP contribution >= 0.6 is 11.3 Å². The van der Waals surface area contributed by atoms with Crippen LogP contribution in [-0.2, 0) is 23.6 Å². The highest BCUT2D eigenvalue weighted by Crippen LogP contribution is 2.33. The normalized spacial score (nSPS) is 12.3. The van der Waals surface area contributed by atoms with E-state index >= 15 is 0 Å². The lowest BCUT2D eigenvalue weighted by Crippen LogP contribution is -2.26. The van der Waals surface area contributed by atoms with E-state index in [1.165, 1.54) is 47.0 Å². The molecule has 0 saturated carbocycles. The minimum absolute atomic E-state index is 0.110. The fourth-order valence-corrected chi connectivity index (χ4v) is 5.77. The summed E-state index contributed by atoms with van der Waals surface area (Å²) in [6.45, 7) is 0.247. The predicted molar refractivity (Wildman–Crippen MR) is 135 cm³/mol. The second-order valence-electron chi connectivity index (χ2n) is 7.81. The Hall–Kier alpha value is -3.47. The average molecular weight is 512 g/mol. The highest BCUT2D eigenvalue weighted by molar-refractivity contribution is 7.89. The topological polar surface area (TPSA) is 90.2 Å². The number of aryl methyl sites for hydroxylation is 1. The molecule has 1 amide bonds. The maximum atomic E-state index is 13.0. The number of carbonyl (C=O) groups excluding carboxylic acids is 1. The van der Waals surface area contributed by atoms with Crippen molar-refractivity contribution in [2.24, 2.45) is 12.0 Å². The van der Waals surface area contributed by atoms with Crippen LogP contribution in [0.4, 0.5) is 0 Å². The molecule has 0 fully saturated rings. The third kappa shape index (κ3) is 5.00. The number of fused-ring (bicyclic) bond motifs is 1. The summed E-state index contributed by atoms with van der Waals surface area (Å²) in [7, 11) is 2.76. The van der Waals surface area contributed by atoms with Crippen LogP contribution in [0.5, 0.6) is 11.5 Å². The zero-order chi connectivity index (χ0) is 25.2. The van der Waals surface area contributed by atoms with Gasteiger partial charge in [0.15, 0.2) is 16.3 Å². The van der Waals surface area contributed by atoms with Gasteiger partial charge in [-0.3, -0.25) is 4.79 Å². The number of benzene rings is 3. The Balaban J connectivity index is 1.59. The lowest BCUT2D eigenvalue weighted by molar-refractivity contribution is 0.0998. The molecule has 0 atom stereocenters. The van der Waals surface area contributed by atoms with Crippen LogP contribution in [-0.4, -0.2) is 44.5 Å². The molecule has 0 N–H and O–H groups in total. The van der Waals surface area contributed by atoms with Crippen molar-refractivity contribution in [1.82, 2.24) is 8.87 Å². The first-order valence-electron chi connectivity index (χ1n) is 10.7. The Bertz CT molecular complexity index is 1540. The first kappa shape index (κ1) is 24.6. The molecule has 0 aliphatic rings. The largest absolute Gasteiger partial charge is 0.493 e. The quantitative estimate of drug-likeness (QED) is 0.376. The molecule has 0 bridgehead atoms. The Labute approximate surface area is 207 Å². The van der Waals surface area contributed by atoms with Crippen LogP contribution in [0.25, 0.3) is 10.2 Å². The van der Waals surface area contributed by atoms with E-state index in [2.05, 4.69) is 4.99 Å². The standard InChI is InChI=1S/C25H25N3O5S2/c1-27(16-17-8-6-5-7-9-17)35(30,31)19-12-10-18(11-13-19)24(29)26-25-28(2)20-14-21(32-3)22(33-4)15-23(20)34-25/h5-15H,16H2,1-4H3. The molecular formula is C25H25N3O5S2. The summed E-state index contributed by atoms with van der Waals surface area (Å²) >= 11 is 1.35. The molecule has 3 aromatic carbocycles. The number of hydrogen-bond acceptors (Lipinski definition) is 6. The van der Waals surface area contributed by atoms with Crippen LogP contribution in [0, 0.1) is 0 Å². The minimum Gasteiger partial charge on any atom is -0.493 e. The van der Waals surface area contributed by atoms with Gasteiger partial charge in [-0.1, -0.05) is 41.7 Å². The smallest absolute Gasteiger partial charge is 0.279 e. The minimum atomic E-state index is -3.71. The Morgan fingerprint density at radius 2 is 1.63 bits per heavy atom. The van der Waals surface area contributed by atoms with E-state index < -0.39 is 15.9 Å². The van der Waals surface area contributed by atoms with Gasteiger partial charge in [0.1, 0.15) is 0 Å². The average Bonchev–Trinajstić information content (AvgIpc) is 3.17. The van der Waals surface area contributed by atoms with Crippen LogP contribution in [0.2, 0.25) is 0 Å². The number of methoxy groups -OCH3 is 2. The molecule has 10 heteroatoms. The fraction of sp³-hybridized carbons (Fsp3) is 0.200. The summed E-state index contributed by atoms with van der Waals surface area (Å²) in [6, 6.07) is 18.8. The van der Waals surface area contributed by atoms with Gasteiger partial charge in [-0.2, -0.15) is 9.30 Å². The van der Waals surface area contributed by atoms with E-state index in [0.717, 1.165) is 15.8 Å². The number of rotatable bonds is 7. The van der Waals surface area contributed by atoms with E-state index in [1.807, 2.05) is 49.5 Å². The van der Waals surface area contributed by atoms with Crippen molar-refractivity contribution in [3.05, 3.63) is 82.7 Å². The molecule has 4 rings (SSSR count). The number of sulfonamides is 1. The third-order valence-corrected chi connectivity index (χ3v) is 8.48. The van der Waals surface area contributed by atoms with Gasteiger partial charge in [0.25, 0.3) is 5.91 Å². The van der Waals surface area contributed by atoms with E-state index in [1.54, 1.807) is 18.8 Å². The van der Waals surface area contributed by atoms with Gasteiger partial charge in [-0.15, -0.1) is 0 Å². The van der Waals surface area contributed by atoms with Crippen LogP contribution < -0.4 is 14.3 Å². The molecule has 4 aromatic rings. The molecule has 35 heavy (non-hydrogen) atoms. The van der Waals surface area contributed by atoms with Gasteiger partial charge < -0.3 is 14.0 Å². The second-order valence-corrected chi connectivity index (χ2v) is 10.9. The SMILES string of the molecule is COc1cc2sc(=NC(=O)c3ccc(S(=O)(=O)N(C)Cc4ccccc4)cc3)n(C)c2cc1OC. The van der Waals surface area contributed by atoms with Gasteiger partial charge >= 0.3 is 0 Å². The van der Waals surface area contributed by atoms with E-state index in [9.17, 15) is 13.2 Å². The first-order chi connectivity index (χ1) is 16.7. The van der Waals surface area contributed by atoms with Gasteiger partial charge in [0.2, 0.25) is 10.0 Å². The number of ether oxygens (including phenoxy) is 2.